The molecule has 0 aliphatic rings. The molecule has 4 aromatic rings. The fraction of sp³-hybridized carbons (Fsp3) is 0.269. The van der Waals surface area contributed by atoms with E-state index in [1.807, 2.05) is 56.3 Å². The number of para-hydroxylation sites is 1. The minimum Gasteiger partial charge on any atom is -0.496 e. The number of ether oxygens (including phenoxy) is 1. The maximum absolute atomic E-state index is 12.8. The highest BCUT2D eigenvalue weighted by molar-refractivity contribution is 5.85. The lowest BCUT2D eigenvalue weighted by Crippen LogP contribution is -2.34. The Morgan fingerprint density at radius 3 is 2.69 bits per heavy atom. The van der Waals surface area contributed by atoms with Gasteiger partial charge in [-0.15, -0.1) is 0 Å². The molecule has 4 rings (SSSR count). The Hall–Kier alpha value is -3.67. The van der Waals surface area contributed by atoms with Crippen LogP contribution in [-0.4, -0.2) is 33.6 Å². The molecule has 6 heteroatoms. The number of pyridine rings is 2. The van der Waals surface area contributed by atoms with E-state index in [1.165, 1.54) is 0 Å². The van der Waals surface area contributed by atoms with E-state index in [0.717, 1.165) is 39.3 Å². The third-order valence-corrected chi connectivity index (χ3v) is 5.63. The lowest BCUT2D eigenvalue weighted by molar-refractivity contribution is -0.121. The van der Waals surface area contributed by atoms with Gasteiger partial charge in [-0.25, -0.2) is 4.98 Å². The fourth-order valence-electron chi connectivity index (χ4n) is 4.10. The van der Waals surface area contributed by atoms with Crippen LogP contribution in [0.5, 0.6) is 5.75 Å². The number of carbonyl (C=O) groups excluding carboxylic acids is 1. The summed E-state index contributed by atoms with van der Waals surface area (Å²) in [7, 11) is 1.67. The molecule has 0 spiro atoms. The molecule has 1 aromatic carbocycles. The molecule has 0 aliphatic heterocycles. The molecule has 0 saturated carbocycles. The van der Waals surface area contributed by atoms with E-state index in [0.29, 0.717) is 19.4 Å². The number of nitrogens with zero attached hydrogens (tertiary/aromatic N) is 3. The van der Waals surface area contributed by atoms with Crippen LogP contribution in [-0.2, 0) is 17.8 Å². The van der Waals surface area contributed by atoms with Gasteiger partial charge in [0.2, 0.25) is 5.91 Å². The van der Waals surface area contributed by atoms with Crippen molar-refractivity contribution in [1.82, 2.24) is 19.9 Å². The van der Waals surface area contributed by atoms with Crippen molar-refractivity contribution < 1.29 is 9.53 Å². The Bertz CT molecular complexity index is 1230. The average molecular weight is 429 g/mol. The van der Waals surface area contributed by atoms with Gasteiger partial charge in [0, 0.05) is 48.0 Å². The number of amides is 1. The van der Waals surface area contributed by atoms with Crippen LogP contribution in [0, 0.1) is 6.92 Å². The first-order chi connectivity index (χ1) is 15.6. The van der Waals surface area contributed by atoms with Crippen molar-refractivity contribution in [3.8, 4) is 17.0 Å². The number of aromatic nitrogens is 3. The van der Waals surface area contributed by atoms with Gasteiger partial charge in [0.1, 0.15) is 11.4 Å². The molecule has 3 aromatic heterocycles. The number of fused-ring (bicyclic) bond motifs is 1. The van der Waals surface area contributed by atoms with Gasteiger partial charge in [-0.2, -0.15) is 0 Å². The predicted molar refractivity (Wildman–Crippen MR) is 127 cm³/mol. The first kappa shape index (κ1) is 21.6. The Kier molecular flexibility index (Phi) is 6.50. The highest BCUT2D eigenvalue weighted by Crippen LogP contribution is 2.29. The highest BCUT2D eigenvalue weighted by Gasteiger charge is 2.16. The summed E-state index contributed by atoms with van der Waals surface area (Å²) in [6, 6.07) is 18.0. The maximum atomic E-state index is 12.8. The number of hydrogen-bond acceptors (Lipinski definition) is 4. The van der Waals surface area contributed by atoms with Crippen LogP contribution in [0.2, 0.25) is 0 Å². The van der Waals surface area contributed by atoms with Crippen molar-refractivity contribution in [3.63, 3.8) is 0 Å². The van der Waals surface area contributed by atoms with Crippen molar-refractivity contribution in [2.24, 2.45) is 0 Å². The Labute approximate surface area is 188 Å². The second-order valence-corrected chi connectivity index (χ2v) is 7.97. The summed E-state index contributed by atoms with van der Waals surface area (Å²) in [4.78, 5) is 21.8. The summed E-state index contributed by atoms with van der Waals surface area (Å²) < 4.78 is 7.54. The average Bonchev–Trinajstić information content (AvgIpc) is 3.16. The summed E-state index contributed by atoms with van der Waals surface area (Å²) in [5.74, 6) is 0.856. The molecule has 0 radical (unpaired) electrons. The van der Waals surface area contributed by atoms with Crippen LogP contribution < -0.4 is 10.1 Å². The summed E-state index contributed by atoms with van der Waals surface area (Å²) >= 11 is 0. The Morgan fingerprint density at radius 1 is 1.09 bits per heavy atom. The van der Waals surface area contributed by atoms with Crippen LogP contribution in [0.4, 0.5) is 0 Å². The van der Waals surface area contributed by atoms with E-state index >= 15 is 0 Å². The van der Waals surface area contributed by atoms with E-state index in [9.17, 15) is 4.79 Å². The van der Waals surface area contributed by atoms with Crippen molar-refractivity contribution in [1.29, 1.82) is 0 Å². The molecule has 0 saturated heterocycles. The van der Waals surface area contributed by atoms with Crippen molar-refractivity contribution in [3.05, 3.63) is 78.2 Å². The van der Waals surface area contributed by atoms with E-state index in [2.05, 4.69) is 32.0 Å². The standard InChI is InChI=1S/C26H28N4O2/c1-18(16-20-8-4-5-11-24(20)32-3)29-25(31)12-15-30-23(22-10-7-13-27-19(22)2)17-21-9-6-14-28-26(21)30/h4-11,13-14,17-18H,12,15-16H2,1-3H3,(H,29,31)/t18-/m1/s1. The molecule has 1 atom stereocenters. The molecule has 0 aliphatic carbocycles. The number of aryl methyl sites for hydroxylation is 2. The molecular formula is C26H28N4O2. The van der Waals surface area contributed by atoms with Crippen LogP contribution in [0.3, 0.4) is 0 Å². The van der Waals surface area contributed by atoms with Crippen molar-refractivity contribution in [2.45, 2.75) is 39.3 Å². The minimum absolute atomic E-state index is 0.00151. The van der Waals surface area contributed by atoms with Crippen LogP contribution in [0.15, 0.2) is 67.0 Å². The molecule has 1 N–H and O–H groups in total. The highest BCUT2D eigenvalue weighted by atomic mass is 16.5. The number of nitrogens with one attached hydrogen (secondary N) is 1. The number of hydrogen-bond donors (Lipinski definition) is 1. The van der Waals surface area contributed by atoms with Gasteiger partial charge >= 0.3 is 0 Å². The van der Waals surface area contributed by atoms with E-state index in [-0.39, 0.29) is 11.9 Å². The van der Waals surface area contributed by atoms with Crippen LogP contribution >= 0.6 is 0 Å². The molecule has 0 bridgehead atoms. The van der Waals surface area contributed by atoms with Gasteiger partial charge in [0.05, 0.1) is 12.8 Å². The smallest absolute Gasteiger partial charge is 0.222 e. The zero-order valence-corrected chi connectivity index (χ0v) is 18.7. The zero-order chi connectivity index (χ0) is 22.5. The molecule has 6 nitrogen and oxygen atoms in total. The third kappa shape index (κ3) is 4.64. The van der Waals surface area contributed by atoms with Gasteiger partial charge in [-0.3, -0.25) is 9.78 Å². The third-order valence-electron chi connectivity index (χ3n) is 5.63. The van der Waals surface area contributed by atoms with E-state index < -0.39 is 0 Å². The fourth-order valence-corrected chi connectivity index (χ4v) is 4.10. The molecule has 164 valence electrons. The number of carbonyl (C=O) groups is 1. The summed E-state index contributed by atoms with van der Waals surface area (Å²) in [5, 5.41) is 4.17. The lowest BCUT2D eigenvalue weighted by Gasteiger charge is -2.17. The lowest BCUT2D eigenvalue weighted by atomic mass is 10.1. The summed E-state index contributed by atoms with van der Waals surface area (Å²) in [6.07, 6.45) is 4.65. The first-order valence-corrected chi connectivity index (χ1v) is 10.8. The predicted octanol–water partition coefficient (Wildman–Crippen LogP) is 4.55. The second-order valence-electron chi connectivity index (χ2n) is 7.97. The number of rotatable bonds is 8. The van der Waals surface area contributed by atoms with Crippen LogP contribution in [0.1, 0.15) is 24.6 Å². The summed E-state index contributed by atoms with van der Waals surface area (Å²) in [6.45, 7) is 4.55. The SMILES string of the molecule is COc1ccccc1C[C@@H](C)NC(=O)CCn1c(-c2cccnc2C)cc2cccnc21. The number of methoxy groups -OCH3 is 1. The largest absolute Gasteiger partial charge is 0.496 e. The van der Waals surface area contributed by atoms with Crippen molar-refractivity contribution in [2.75, 3.05) is 7.11 Å². The molecule has 0 fully saturated rings. The molecule has 32 heavy (non-hydrogen) atoms. The maximum Gasteiger partial charge on any atom is 0.222 e. The van der Waals surface area contributed by atoms with Gasteiger partial charge in [0.25, 0.3) is 0 Å². The molecular weight excluding hydrogens is 400 g/mol. The van der Waals surface area contributed by atoms with Gasteiger partial charge < -0.3 is 14.6 Å². The monoisotopic (exact) mass is 428 g/mol. The number of benzene rings is 1. The van der Waals surface area contributed by atoms with Crippen LogP contribution in [0.25, 0.3) is 22.3 Å². The normalized spacial score (nSPS) is 12.0. The Morgan fingerprint density at radius 2 is 1.88 bits per heavy atom. The minimum atomic E-state index is -0.00151. The van der Waals surface area contributed by atoms with Gasteiger partial charge in [-0.1, -0.05) is 18.2 Å². The van der Waals surface area contributed by atoms with E-state index in [1.54, 1.807) is 19.5 Å². The van der Waals surface area contributed by atoms with Crippen molar-refractivity contribution >= 4 is 16.9 Å². The first-order valence-electron chi connectivity index (χ1n) is 10.8. The molecule has 1 amide bonds. The molecule has 0 unspecified atom stereocenters. The van der Waals surface area contributed by atoms with E-state index in [4.69, 9.17) is 4.74 Å². The molecule has 3 heterocycles. The summed E-state index contributed by atoms with van der Waals surface area (Å²) in [5.41, 5.74) is 4.99. The quantitative estimate of drug-likeness (QED) is 0.447. The van der Waals surface area contributed by atoms with Gasteiger partial charge in [0.15, 0.2) is 0 Å². The zero-order valence-electron chi connectivity index (χ0n) is 18.7. The topological polar surface area (TPSA) is 69.0 Å². The Balaban J connectivity index is 1.49. The van der Waals surface area contributed by atoms with Gasteiger partial charge in [-0.05, 0) is 62.2 Å². The second kappa shape index (κ2) is 9.64.